The van der Waals surface area contributed by atoms with E-state index in [9.17, 15) is 4.79 Å². The highest BCUT2D eigenvalue weighted by atomic mass is 16.5. The Morgan fingerprint density at radius 3 is 2.50 bits per heavy atom. The fourth-order valence-corrected chi connectivity index (χ4v) is 5.89. The number of aromatic nitrogens is 2. The van der Waals surface area contributed by atoms with E-state index < -0.39 is 0 Å². The lowest BCUT2D eigenvalue weighted by molar-refractivity contribution is 0.0622. The molecule has 1 saturated heterocycles. The SMILES string of the molecule is Cc1[nH]c2c(C(=O)N3CCN(CCOc4ccc(CN(C)Cc5ccc6ncccc6c5)cc4)CC3)cccc2c1C. The molecule has 1 aliphatic heterocycles. The van der Waals surface area contributed by atoms with Crippen molar-refractivity contribution in [3.8, 4) is 5.75 Å². The van der Waals surface area contributed by atoms with Crippen LogP contribution in [0, 0.1) is 13.8 Å². The standard InChI is InChI=1S/C35H39N5O2/c1-25-26(2)37-34-31(25)7-4-8-32(34)35(41)40-18-16-39(17-19-40)20-21-42-30-12-9-27(10-13-30)23-38(3)24-28-11-14-33-29(22-28)6-5-15-36-33/h4-15,22,37H,16-21,23-24H2,1-3H3. The number of amides is 1. The molecule has 1 amide bonds. The molecule has 7 nitrogen and oxygen atoms in total. The van der Waals surface area contributed by atoms with E-state index in [0.717, 1.165) is 79.2 Å². The topological polar surface area (TPSA) is 64.7 Å². The molecule has 0 unspecified atom stereocenters. The van der Waals surface area contributed by atoms with Gasteiger partial charge in [-0.1, -0.05) is 36.4 Å². The number of para-hydroxylation sites is 1. The second-order valence-electron chi connectivity index (χ2n) is 11.4. The number of aryl methyl sites for hydroxylation is 2. The van der Waals surface area contributed by atoms with E-state index in [-0.39, 0.29) is 5.91 Å². The number of nitrogens with zero attached hydrogens (tertiary/aromatic N) is 4. The highest BCUT2D eigenvalue weighted by Gasteiger charge is 2.24. The van der Waals surface area contributed by atoms with Crippen LogP contribution in [0.1, 0.15) is 32.7 Å². The number of pyridine rings is 1. The Labute approximate surface area is 247 Å². The number of hydrogen-bond acceptors (Lipinski definition) is 5. The van der Waals surface area contributed by atoms with Crippen LogP contribution in [0.4, 0.5) is 0 Å². The minimum Gasteiger partial charge on any atom is -0.492 e. The van der Waals surface area contributed by atoms with Gasteiger partial charge in [-0.05, 0) is 74.0 Å². The summed E-state index contributed by atoms with van der Waals surface area (Å²) in [5.41, 5.74) is 7.62. The Morgan fingerprint density at radius 2 is 1.69 bits per heavy atom. The minimum atomic E-state index is 0.109. The van der Waals surface area contributed by atoms with Gasteiger partial charge in [-0.3, -0.25) is 19.6 Å². The van der Waals surface area contributed by atoms with E-state index in [1.807, 2.05) is 29.3 Å². The predicted octanol–water partition coefficient (Wildman–Crippen LogP) is 5.80. The number of hydrogen-bond donors (Lipinski definition) is 1. The average Bonchev–Trinajstić information content (AvgIpc) is 3.31. The normalized spacial score (nSPS) is 14.2. The molecule has 0 radical (unpaired) electrons. The molecule has 7 heteroatoms. The summed E-state index contributed by atoms with van der Waals surface area (Å²) in [4.78, 5) is 27.8. The quantitative estimate of drug-likeness (QED) is 0.246. The molecular weight excluding hydrogens is 522 g/mol. The number of fused-ring (bicyclic) bond motifs is 2. The van der Waals surface area contributed by atoms with Crippen LogP contribution in [0.15, 0.2) is 79.0 Å². The monoisotopic (exact) mass is 561 g/mol. The number of H-pyrrole nitrogens is 1. The summed E-state index contributed by atoms with van der Waals surface area (Å²) in [5, 5.41) is 2.31. The van der Waals surface area contributed by atoms with Crippen molar-refractivity contribution in [1.29, 1.82) is 0 Å². The first-order valence-electron chi connectivity index (χ1n) is 14.8. The van der Waals surface area contributed by atoms with Gasteiger partial charge in [0, 0.05) is 68.5 Å². The van der Waals surface area contributed by atoms with E-state index in [0.29, 0.717) is 6.61 Å². The second kappa shape index (κ2) is 12.3. The first kappa shape index (κ1) is 27.9. The van der Waals surface area contributed by atoms with Crippen LogP contribution >= 0.6 is 0 Å². The Morgan fingerprint density at radius 1 is 0.929 bits per heavy atom. The van der Waals surface area contributed by atoms with Gasteiger partial charge >= 0.3 is 0 Å². The molecule has 1 N–H and O–H groups in total. The van der Waals surface area contributed by atoms with Crippen molar-refractivity contribution in [3.05, 3.63) is 107 Å². The van der Waals surface area contributed by atoms with E-state index in [4.69, 9.17) is 4.74 Å². The van der Waals surface area contributed by atoms with Gasteiger partial charge in [0.05, 0.1) is 16.6 Å². The number of carbonyl (C=O) groups is 1. The zero-order valence-electron chi connectivity index (χ0n) is 24.8. The first-order valence-corrected chi connectivity index (χ1v) is 14.8. The number of carbonyl (C=O) groups excluding carboxylic acids is 1. The van der Waals surface area contributed by atoms with Crippen LogP contribution in [0.25, 0.3) is 21.8 Å². The molecule has 0 atom stereocenters. The molecule has 1 aliphatic rings. The number of rotatable bonds is 9. The number of aromatic amines is 1. The summed E-state index contributed by atoms with van der Waals surface area (Å²) < 4.78 is 6.06. The molecule has 0 saturated carbocycles. The summed E-state index contributed by atoms with van der Waals surface area (Å²) in [7, 11) is 2.15. The van der Waals surface area contributed by atoms with Crippen molar-refractivity contribution in [2.75, 3.05) is 46.4 Å². The summed E-state index contributed by atoms with van der Waals surface area (Å²) in [5.74, 6) is 1.000. The van der Waals surface area contributed by atoms with Crippen molar-refractivity contribution >= 4 is 27.7 Å². The molecule has 216 valence electrons. The van der Waals surface area contributed by atoms with Gasteiger partial charge in [0.15, 0.2) is 0 Å². The number of benzene rings is 3. The van der Waals surface area contributed by atoms with Gasteiger partial charge in [-0.2, -0.15) is 0 Å². The van der Waals surface area contributed by atoms with Gasteiger partial charge in [0.25, 0.3) is 5.91 Å². The molecule has 0 aliphatic carbocycles. The molecular formula is C35H39N5O2. The van der Waals surface area contributed by atoms with Crippen molar-refractivity contribution in [3.63, 3.8) is 0 Å². The van der Waals surface area contributed by atoms with E-state index >= 15 is 0 Å². The number of piperazine rings is 1. The highest BCUT2D eigenvalue weighted by Crippen LogP contribution is 2.25. The lowest BCUT2D eigenvalue weighted by Gasteiger charge is -2.34. The fraction of sp³-hybridized carbons (Fsp3) is 0.314. The smallest absolute Gasteiger partial charge is 0.256 e. The van der Waals surface area contributed by atoms with E-state index in [1.165, 1.54) is 22.1 Å². The van der Waals surface area contributed by atoms with Crippen molar-refractivity contribution in [2.24, 2.45) is 0 Å². The number of nitrogens with one attached hydrogen (secondary N) is 1. The fourth-order valence-electron chi connectivity index (χ4n) is 5.89. The van der Waals surface area contributed by atoms with Crippen LogP contribution in [0.5, 0.6) is 5.75 Å². The Balaban J connectivity index is 0.939. The molecule has 6 rings (SSSR count). The summed E-state index contributed by atoms with van der Waals surface area (Å²) in [6.07, 6.45) is 1.83. The lowest BCUT2D eigenvalue weighted by Crippen LogP contribution is -2.49. The third kappa shape index (κ3) is 6.17. The van der Waals surface area contributed by atoms with E-state index in [2.05, 4.69) is 95.3 Å². The minimum absolute atomic E-state index is 0.109. The van der Waals surface area contributed by atoms with Crippen LogP contribution in [0.3, 0.4) is 0 Å². The highest BCUT2D eigenvalue weighted by molar-refractivity contribution is 6.06. The molecule has 3 heterocycles. The maximum atomic E-state index is 13.3. The van der Waals surface area contributed by atoms with Crippen LogP contribution in [-0.4, -0.2) is 77.0 Å². The second-order valence-corrected chi connectivity index (χ2v) is 11.4. The molecule has 2 aromatic heterocycles. The summed E-state index contributed by atoms with van der Waals surface area (Å²) in [6.45, 7) is 10.5. The lowest BCUT2D eigenvalue weighted by atomic mass is 10.1. The zero-order chi connectivity index (χ0) is 29.1. The van der Waals surface area contributed by atoms with Gasteiger partial charge in [0.1, 0.15) is 12.4 Å². The molecule has 42 heavy (non-hydrogen) atoms. The van der Waals surface area contributed by atoms with Gasteiger partial charge in [0.2, 0.25) is 0 Å². The van der Waals surface area contributed by atoms with Crippen molar-refractivity contribution in [2.45, 2.75) is 26.9 Å². The largest absolute Gasteiger partial charge is 0.492 e. The van der Waals surface area contributed by atoms with Gasteiger partial charge in [-0.15, -0.1) is 0 Å². The van der Waals surface area contributed by atoms with Crippen molar-refractivity contribution < 1.29 is 9.53 Å². The van der Waals surface area contributed by atoms with E-state index in [1.54, 1.807) is 0 Å². The Hall–Kier alpha value is -4.20. The maximum Gasteiger partial charge on any atom is 0.256 e. The third-order valence-electron chi connectivity index (χ3n) is 8.41. The molecule has 3 aromatic carbocycles. The van der Waals surface area contributed by atoms with Crippen molar-refractivity contribution in [1.82, 2.24) is 24.7 Å². The Bertz CT molecular complexity index is 1690. The third-order valence-corrected chi connectivity index (χ3v) is 8.41. The first-order chi connectivity index (χ1) is 20.4. The van der Waals surface area contributed by atoms with Crippen LogP contribution in [0.2, 0.25) is 0 Å². The van der Waals surface area contributed by atoms with Gasteiger partial charge in [-0.25, -0.2) is 0 Å². The average molecular weight is 562 g/mol. The predicted molar refractivity (Wildman–Crippen MR) is 169 cm³/mol. The number of ether oxygens (including phenoxy) is 1. The Kier molecular flexibility index (Phi) is 8.22. The zero-order valence-corrected chi connectivity index (χ0v) is 24.8. The summed E-state index contributed by atoms with van der Waals surface area (Å²) >= 11 is 0. The molecule has 0 bridgehead atoms. The summed E-state index contributed by atoms with van der Waals surface area (Å²) in [6, 6.07) is 25.0. The van der Waals surface area contributed by atoms with Crippen LogP contribution < -0.4 is 4.74 Å². The van der Waals surface area contributed by atoms with Gasteiger partial charge < -0.3 is 14.6 Å². The van der Waals surface area contributed by atoms with Crippen LogP contribution in [-0.2, 0) is 13.1 Å². The molecule has 5 aromatic rings. The molecule has 1 fully saturated rings. The molecule has 0 spiro atoms. The maximum absolute atomic E-state index is 13.3.